The third-order valence-electron chi connectivity index (χ3n) is 5.70. The molecule has 0 radical (unpaired) electrons. The molecule has 2 heteroatoms. The van der Waals surface area contributed by atoms with Crippen LogP contribution in [0.25, 0.3) is 0 Å². The van der Waals surface area contributed by atoms with Crippen LogP contribution in [0.1, 0.15) is 117 Å². The molecule has 1 N–H and O–H groups in total. The molecule has 1 aliphatic carbocycles. The minimum Gasteiger partial charge on any atom is -0.478 e. The minimum atomic E-state index is -0.706. The fourth-order valence-electron chi connectivity index (χ4n) is 4.09. The van der Waals surface area contributed by atoms with Crippen LogP contribution in [0.3, 0.4) is 0 Å². The highest BCUT2D eigenvalue weighted by atomic mass is 16.4. The van der Waals surface area contributed by atoms with E-state index < -0.39 is 5.97 Å². The molecule has 140 valence electrons. The molecule has 0 aromatic heterocycles. The molecular formula is C22H40O2. The molecular weight excluding hydrogens is 296 g/mol. The Morgan fingerprint density at radius 1 is 0.833 bits per heavy atom. The molecule has 1 fully saturated rings. The summed E-state index contributed by atoms with van der Waals surface area (Å²) in [5.41, 5.74) is 1.90. The van der Waals surface area contributed by atoms with E-state index in [2.05, 4.69) is 6.92 Å². The number of allylic oxidation sites excluding steroid dienone is 1. The molecule has 0 atom stereocenters. The van der Waals surface area contributed by atoms with Gasteiger partial charge in [0, 0.05) is 5.57 Å². The first-order valence-electron chi connectivity index (χ1n) is 10.6. The zero-order chi connectivity index (χ0) is 17.6. The van der Waals surface area contributed by atoms with Crippen molar-refractivity contribution in [2.75, 3.05) is 0 Å². The average molecular weight is 337 g/mol. The van der Waals surface area contributed by atoms with E-state index in [1.54, 1.807) is 0 Å². The molecule has 1 aliphatic rings. The van der Waals surface area contributed by atoms with Crippen molar-refractivity contribution in [2.24, 2.45) is 5.92 Å². The molecule has 0 amide bonds. The molecule has 0 unspecified atom stereocenters. The summed E-state index contributed by atoms with van der Waals surface area (Å²) in [6.45, 7) is 4.09. The van der Waals surface area contributed by atoms with Gasteiger partial charge in [0.15, 0.2) is 0 Å². The van der Waals surface area contributed by atoms with Crippen LogP contribution in [0.4, 0.5) is 0 Å². The first kappa shape index (κ1) is 21.3. The van der Waals surface area contributed by atoms with Gasteiger partial charge in [-0.3, -0.25) is 0 Å². The van der Waals surface area contributed by atoms with Crippen LogP contribution in [0, 0.1) is 5.92 Å². The van der Waals surface area contributed by atoms with Crippen LogP contribution in [0.5, 0.6) is 0 Å². The molecule has 0 saturated heterocycles. The largest absolute Gasteiger partial charge is 0.478 e. The summed E-state index contributed by atoms with van der Waals surface area (Å²) in [7, 11) is 0. The lowest BCUT2D eigenvalue weighted by Crippen LogP contribution is -2.14. The fraction of sp³-hybridized carbons (Fsp3) is 0.864. The maximum atomic E-state index is 11.4. The number of aliphatic carboxylic acids is 1. The standard InChI is InChI=1S/C22H40O2/c1-3-4-5-6-7-8-9-10-11-15-18-21(19(2)22(23)24)20-16-13-12-14-17-20/h20H,3-18H2,1-2H3,(H,23,24). The molecule has 0 spiro atoms. The van der Waals surface area contributed by atoms with E-state index in [1.807, 2.05) is 6.92 Å². The first-order valence-corrected chi connectivity index (χ1v) is 10.6. The Kier molecular flexibility index (Phi) is 12.0. The van der Waals surface area contributed by atoms with Gasteiger partial charge in [-0.1, -0.05) is 89.5 Å². The predicted octanol–water partition coefficient (Wildman–Crippen LogP) is 7.28. The zero-order valence-corrected chi connectivity index (χ0v) is 16.2. The Morgan fingerprint density at radius 3 is 1.83 bits per heavy atom. The Bertz CT molecular complexity index is 364. The molecule has 0 aliphatic heterocycles. The number of unbranched alkanes of at least 4 members (excludes halogenated alkanes) is 9. The summed E-state index contributed by atoms with van der Waals surface area (Å²) in [4.78, 5) is 11.4. The number of carboxylic acid groups (broad SMARTS) is 1. The normalized spacial score (nSPS) is 16.9. The second-order valence-electron chi connectivity index (χ2n) is 7.72. The highest BCUT2D eigenvalue weighted by Gasteiger charge is 2.21. The molecule has 0 heterocycles. The number of carbonyl (C=O) groups is 1. The van der Waals surface area contributed by atoms with E-state index in [0.29, 0.717) is 11.5 Å². The summed E-state index contributed by atoms with van der Waals surface area (Å²) in [5, 5.41) is 9.39. The van der Waals surface area contributed by atoms with Gasteiger partial charge in [-0.05, 0) is 38.5 Å². The minimum absolute atomic E-state index is 0.549. The predicted molar refractivity (Wildman–Crippen MR) is 103 cm³/mol. The molecule has 0 bridgehead atoms. The second-order valence-corrected chi connectivity index (χ2v) is 7.72. The third kappa shape index (κ3) is 8.89. The topological polar surface area (TPSA) is 37.3 Å². The van der Waals surface area contributed by atoms with Gasteiger partial charge >= 0.3 is 5.97 Å². The Morgan fingerprint density at radius 2 is 1.33 bits per heavy atom. The number of rotatable bonds is 13. The monoisotopic (exact) mass is 336 g/mol. The van der Waals surface area contributed by atoms with E-state index in [-0.39, 0.29) is 0 Å². The summed E-state index contributed by atoms with van der Waals surface area (Å²) in [6.07, 6.45) is 20.7. The molecule has 0 aromatic carbocycles. The summed E-state index contributed by atoms with van der Waals surface area (Å²) >= 11 is 0. The number of carboxylic acids is 1. The summed E-state index contributed by atoms with van der Waals surface area (Å²) in [5.74, 6) is -0.156. The maximum Gasteiger partial charge on any atom is 0.331 e. The van der Waals surface area contributed by atoms with Gasteiger partial charge in [-0.25, -0.2) is 4.79 Å². The van der Waals surface area contributed by atoms with E-state index in [1.165, 1.54) is 102 Å². The summed E-state index contributed by atoms with van der Waals surface area (Å²) in [6, 6.07) is 0. The third-order valence-corrected chi connectivity index (χ3v) is 5.70. The van der Waals surface area contributed by atoms with Crippen LogP contribution >= 0.6 is 0 Å². The van der Waals surface area contributed by atoms with Crippen LogP contribution in [-0.4, -0.2) is 11.1 Å². The highest BCUT2D eigenvalue weighted by molar-refractivity contribution is 5.86. The van der Waals surface area contributed by atoms with Gasteiger partial charge in [0.05, 0.1) is 0 Å². The van der Waals surface area contributed by atoms with E-state index in [0.717, 1.165) is 6.42 Å². The Balaban J connectivity index is 2.21. The summed E-state index contributed by atoms with van der Waals surface area (Å²) < 4.78 is 0. The molecule has 24 heavy (non-hydrogen) atoms. The highest BCUT2D eigenvalue weighted by Crippen LogP contribution is 2.34. The van der Waals surface area contributed by atoms with Crippen LogP contribution < -0.4 is 0 Å². The van der Waals surface area contributed by atoms with Crippen molar-refractivity contribution >= 4 is 5.97 Å². The van der Waals surface area contributed by atoms with E-state index >= 15 is 0 Å². The molecule has 1 saturated carbocycles. The average Bonchev–Trinajstić information content (AvgIpc) is 2.60. The molecule has 1 rings (SSSR count). The van der Waals surface area contributed by atoms with E-state index in [4.69, 9.17) is 0 Å². The second kappa shape index (κ2) is 13.5. The van der Waals surface area contributed by atoms with Crippen molar-refractivity contribution < 1.29 is 9.90 Å². The lowest BCUT2D eigenvalue weighted by Gasteiger charge is -2.26. The number of hydrogen-bond donors (Lipinski definition) is 1. The van der Waals surface area contributed by atoms with Crippen LogP contribution in [-0.2, 0) is 4.79 Å². The smallest absolute Gasteiger partial charge is 0.331 e. The van der Waals surface area contributed by atoms with Crippen molar-refractivity contribution in [3.8, 4) is 0 Å². The lowest BCUT2D eigenvalue weighted by molar-refractivity contribution is -0.132. The fourth-order valence-corrected chi connectivity index (χ4v) is 4.09. The van der Waals surface area contributed by atoms with E-state index in [9.17, 15) is 9.90 Å². The van der Waals surface area contributed by atoms with Gasteiger partial charge in [-0.15, -0.1) is 0 Å². The SMILES string of the molecule is CCCCCCCCCCCCC(=C(C)C(=O)O)C1CCCCC1. The first-order chi connectivity index (χ1) is 11.7. The van der Waals surface area contributed by atoms with Gasteiger partial charge in [0.1, 0.15) is 0 Å². The van der Waals surface area contributed by atoms with Gasteiger partial charge in [0.2, 0.25) is 0 Å². The van der Waals surface area contributed by atoms with Crippen molar-refractivity contribution in [3.05, 3.63) is 11.1 Å². The van der Waals surface area contributed by atoms with Gasteiger partial charge in [0.25, 0.3) is 0 Å². The van der Waals surface area contributed by atoms with Crippen molar-refractivity contribution in [1.29, 1.82) is 0 Å². The van der Waals surface area contributed by atoms with Crippen molar-refractivity contribution in [2.45, 2.75) is 117 Å². The Labute approximate surface area is 150 Å². The van der Waals surface area contributed by atoms with Crippen LogP contribution in [0.15, 0.2) is 11.1 Å². The van der Waals surface area contributed by atoms with Gasteiger partial charge < -0.3 is 5.11 Å². The molecule has 2 nitrogen and oxygen atoms in total. The maximum absolute atomic E-state index is 11.4. The van der Waals surface area contributed by atoms with Crippen molar-refractivity contribution in [1.82, 2.24) is 0 Å². The van der Waals surface area contributed by atoms with Crippen molar-refractivity contribution in [3.63, 3.8) is 0 Å². The Hall–Kier alpha value is -0.790. The number of hydrogen-bond acceptors (Lipinski definition) is 1. The van der Waals surface area contributed by atoms with Crippen LogP contribution in [0.2, 0.25) is 0 Å². The quantitative estimate of drug-likeness (QED) is 0.283. The van der Waals surface area contributed by atoms with Gasteiger partial charge in [-0.2, -0.15) is 0 Å². The zero-order valence-electron chi connectivity index (χ0n) is 16.2. The lowest BCUT2D eigenvalue weighted by atomic mass is 9.80. The molecule has 0 aromatic rings.